The number of nitrogens with one attached hydrogen (secondary N) is 1. The molecule has 5 nitrogen and oxygen atoms in total. The summed E-state index contributed by atoms with van der Waals surface area (Å²) in [6, 6.07) is -1.09. The van der Waals surface area contributed by atoms with Gasteiger partial charge in [-0.25, -0.2) is 4.72 Å². The molecule has 0 fully saturated rings. The first kappa shape index (κ1) is 10.6. The minimum absolute atomic E-state index is 0.455. The van der Waals surface area contributed by atoms with Gasteiger partial charge in [0.15, 0.2) is 0 Å². The van der Waals surface area contributed by atoms with Crippen LogP contribution in [0.3, 0.4) is 0 Å². The van der Waals surface area contributed by atoms with Crippen molar-refractivity contribution in [2.75, 3.05) is 0 Å². The Bertz CT molecular complexity index is 162. The Labute approximate surface area is 72.1 Å². The molecule has 3 N–H and O–H groups in total. The van der Waals surface area contributed by atoms with E-state index < -0.39 is 24.4 Å². The van der Waals surface area contributed by atoms with Gasteiger partial charge in [-0.2, -0.15) is 0 Å². The van der Waals surface area contributed by atoms with Crippen molar-refractivity contribution in [3.8, 4) is 0 Å². The minimum atomic E-state index is -1.20. The lowest BCUT2D eigenvalue weighted by Gasteiger charge is -2.07. The molecule has 0 aliphatic rings. The molecular formula is C4H7NO4S2. The van der Waals surface area contributed by atoms with E-state index in [4.69, 9.17) is 10.2 Å². The third-order valence-corrected chi connectivity index (χ3v) is 1.58. The minimum Gasteiger partial charge on any atom is -0.481 e. The highest BCUT2D eigenvalue weighted by molar-refractivity contribution is 8.67. The summed E-state index contributed by atoms with van der Waals surface area (Å²) >= 11 is 3.63. The monoisotopic (exact) mass is 197 g/mol. The highest BCUT2D eigenvalue weighted by atomic mass is 33.1. The summed E-state index contributed by atoms with van der Waals surface area (Å²) in [4.78, 5) is 20.3. The topological polar surface area (TPSA) is 86.6 Å². The molecule has 0 radical (unpaired) electrons. The molecule has 64 valence electrons. The van der Waals surface area contributed by atoms with Crippen LogP contribution in [0.4, 0.5) is 0 Å². The van der Waals surface area contributed by atoms with Crippen molar-refractivity contribution in [2.24, 2.45) is 0 Å². The Morgan fingerprint density at radius 3 is 2.36 bits per heavy atom. The third-order valence-electron chi connectivity index (χ3n) is 0.872. The van der Waals surface area contributed by atoms with E-state index in [1.165, 1.54) is 0 Å². The second kappa shape index (κ2) is 5.28. The molecule has 1 unspecified atom stereocenters. The van der Waals surface area contributed by atoms with E-state index in [0.717, 1.165) is 11.0 Å². The maximum Gasteiger partial charge on any atom is 0.322 e. The van der Waals surface area contributed by atoms with Crippen molar-refractivity contribution < 1.29 is 19.8 Å². The second-order valence-corrected chi connectivity index (χ2v) is 2.66. The largest absolute Gasteiger partial charge is 0.481 e. The predicted octanol–water partition coefficient (Wildman–Crippen LogP) is -0.00310. The lowest BCUT2D eigenvalue weighted by atomic mass is 10.2. The van der Waals surface area contributed by atoms with Crippen LogP contribution in [0.15, 0.2) is 0 Å². The average Bonchev–Trinajstić information content (AvgIpc) is 1.86. The number of carbonyl (C=O) groups is 2. The number of rotatable bonds is 5. The molecule has 0 amide bonds. The molecule has 0 bridgehead atoms. The smallest absolute Gasteiger partial charge is 0.322 e. The lowest BCUT2D eigenvalue weighted by Crippen LogP contribution is -2.33. The van der Waals surface area contributed by atoms with Crippen LogP contribution in [0, 0.1) is 0 Å². The van der Waals surface area contributed by atoms with E-state index in [0.29, 0.717) is 0 Å². The van der Waals surface area contributed by atoms with Gasteiger partial charge >= 0.3 is 11.9 Å². The molecule has 0 saturated carbocycles. The third kappa shape index (κ3) is 4.93. The number of hydrogen-bond donors (Lipinski definition) is 4. The highest BCUT2D eigenvalue weighted by Crippen LogP contribution is 2.03. The Kier molecular flexibility index (Phi) is 5.08. The zero-order chi connectivity index (χ0) is 8.85. The summed E-state index contributed by atoms with van der Waals surface area (Å²) in [5, 5.41) is 16.6. The summed E-state index contributed by atoms with van der Waals surface area (Å²) < 4.78 is 2.31. The van der Waals surface area contributed by atoms with E-state index in [9.17, 15) is 9.59 Å². The first-order valence-corrected chi connectivity index (χ1v) is 4.45. The molecule has 0 heterocycles. The Morgan fingerprint density at radius 2 is 2.09 bits per heavy atom. The van der Waals surface area contributed by atoms with E-state index in [-0.39, 0.29) is 0 Å². The van der Waals surface area contributed by atoms with E-state index in [1.54, 1.807) is 0 Å². The Hall–Kier alpha value is -0.400. The standard InChI is InChI=1S/C4H7NO4S2/c6-3(7)1-2(4(8)9)5-11-10/h2,5,10H,1H2,(H,6,7)(H,8,9). The van der Waals surface area contributed by atoms with E-state index >= 15 is 0 Å². The van der Waals surface area contributed by atoms with Crippen LogP contribution in [-0.2, 0) is 9.59 Å². The molecule has 0 rings (SSSR count). The van der Waals surface area contributed by atoms with Crippen molar-refractivity contribution in [3.63, 3.8) is 0 Å². The van der Waals surface area contributed by atoms with Gasteiger partial charge in [-0.15, -0.1) is 0 Å². The van der Waals surface area contributed by atoms with Crippen molar-refractivity contribution in [3.05, 3.63) is 0 Å². The number of thiol groups is 1. The molecule has 0 saturated heterocycles. The number of carboxylic acid groups (broad SMARTS) is 2. The van der Waals surface area contributed by atoms with Crippen molar-refractivity contribution in [1.29, 1.82) is 0 Å². The maximum atomic E-state index is 10.3. The Balaban J connectivity index is 3.89. The van der Waals surface area contributed by atoms with Crippen LogP contribution < -0.4 is 4.72 Å². The van der Waals surface area contributed by atoms with Crippen molar-refractivity contribution in [1.82, 2.24) is 4.72 Å². The zero-order valence-electron chi connectivity index (χ0n) is 5.35. The van der Waals surface area contributed by atoms with Gasteiger partial charge in [0.05, 0.1) is 6.42 Å². The molecule has 0 spiro atoms. The van der Waals surface area contributed by atoms with Crippen LogP contribution >= 0.6 is 22.6 Å². The number of aliphatic carboxylic acids is 2. The van der Waals surface area contributed by atoms with Gasteiger partial charge in [-0.1, -0.05) is 11.7 Å². The predicted molar refractivity (Wildman–Crippen MR) is 43.4 cm³/mol. The molecule has 0 aromatic rings. The fraction of sp³-hybridized carbons (Fsp3) is 0.500. The Morgan fingerprint density at radius 1 is 1.55 bits per heavy atom. The van der Waals surface area contributed by atoms with Gasteiger partial charge in [0.1, 0.15) is 6.04 Å². The molecule has 0 aromatic heterocycles. The van der Waals surface area contributed by atoms with Gasteiger partial charge in [-0.05, 0) is 11.0 Å². The average molecular weight is 197 g/mol. The first-order valence-electron chi connectivity index (χ1n) is 2.58. The van der Waals surface area contributed by atoms with Crippen molar-refractivity contribution in [2.45, 2.75) is 12.5 Å². The number of hydrogen-bond acceptors (Lipinski definition) is 5. The van der Waals surface area contributed by atoms with Gasteiger partial charge < -0.3 is 10.2 Å². The fourth-order valence-corrected chi connectivity index (χ4v) is 1.11. The van der Waals surface area contributed by atoms with Crippen LogP contribution in [-0.4, -0.2) is 28.2 Å². The maximum absolute atomic E-state index is 10.3. The van der Waals surface area contributed by atoms with Gasteiger partial charge in [-0.3, -0.25) is 9.59 Å². The van der Waals surface area contributed by atoms with Crippen LogP contribution in [0.25, 0.3) is 0 Å². The van der Waals surface area contributed by atoms with Gasteiger partial charge in [0.25, 0.3) is 0 Å². The van der Waals surface area contributed by atoms with Crippen LogP contribution in [0.2, 0.25) is 0 Å². The SMILES string of the molecule is O=C(O)CC(NSS)C(=O)O. The fourth-order valence-electron chi connectivity index (χ4n) is 0.418. The summed E-state index contributed by atoms with van der Waals surface area (Å²) in [6.45, 7) is 0. The van der Waals surface area contributed by atoms with Gasteiger partial charge in [0, 0.05) is 0 Å². The summed E-state index contributed by atoms with van der Waals surface area (Å²) in [5.74, 6) is -2.36. The summed E-state index contributed by atoms with van der Waals surface area (Å²) in [5.41, 5.74) is 0. The summed E-state index contributed by atoms with van der Waals surface area (Å²) in [6.07, 6.45) is -0.455. The molecule has 0 aliphatic heterocycles. The second-order valence-electron chi connectivity index (χ2n) is 1.70. The molecular weight excluding hydrogens is 190 g/mol. The molecule has 1 atom stereocenters. The van der Waals surface area contributed by atoms with Crippen molar-refractivity contribution >= 4 is 34.6 Å². The molecule has 7 heteroatoms. The molecule has 11 heavy (non-hydrogen) atoms. The summed E-state index contributed by atoms with van der Waals surface area (Å²) in [7, 11) is 0.780. The quantitative estimate of drug-likeness (QED) is 0.282. The normalized spacial score (nSPS) is 12.5. The van der Waals surface area contributed by atoms with E-state index in [1.807, 2.05) is 0 Å². The van der Waals surface area contributed by atoms with E-state index in [2.05, 4.69) is 16.4 Å². The zero-order valence-corrected chi connectivity index (χ0v) is 7.06. The molecule has 0 aliphatic carbocycles. The van der Waals surface area contributed by atoms with Gasteiger partial charge in [0.2, 0.25) is 0 Å². The number of carboxylic acids is 2. The highest BCUT2D eigenvalue weighted by Gasteiger charge is 2.19. The van der Waals surface area contributed by atoms with Crippen LogP contribution in [0.5, 0.6) is 0 Å². The lowest BCUT2D eigenvalue weighted by molar-refractivity contribution is -0.145. The molecule has 0 aromatic carbocycles. The van der Waals surface area contributed by atoms with Crippen LogP contribution in [0.1, 0.15) is 6.42 Å². The first-order chi connectivity index (χ1) is 5.07.